The van der Waals surface area contributed by atoms with Crippen LogP contribution in [-0.4, -0.2) is 54.9 Å². The van der Waals surface area contributed by atoms with Crippen molar-refractivity contribution in [1.29, 1.82) is 0 Å². The third kappa shape index (κ3) is 3.09. The lowest BCUT2D eigenvalue weighted by Crippen LogP contribution is -2.46. The Morgan fingerprint density at radius 1 is 1.30 bits per heavy atom. The number of ether oxygens (including phenoxy) is 1. The van der Waals surface area contributed by atoms with Crippen LogP contribution in [0.15, 0.2) is 0 Å². The predicted molar refractivity (Wildman–Crippen MR) is 77.6 cm³/mol. The van der Waals surface area contributed by atoms with E-state index in [0.717, 1.165) is 26.2 Å². The van der Waals surface area contributed by atoms with Gasteiger partial charge in [-0.05, 0) is 52.0 Å². The number of nitrogens with zero attached hydrogens (tertiary/aromatic N) is 1. The van der Waals surface area contributed by atoms with Crippen LogP contribution in [0.3, 0.4) is 0 Å². The van der Waals surface area contributed by atoms with Crippen LogP contribution in [-0.2, 0) is 4.74 Å². The van der Waals surface area contributed by atoms with Crippen LogP contribution < -0.4 is 10.6 Å². The fourth-order valence-electron chi connectivity index (χ4n) is 3.52. The van der Waals surface area contributed by atoms with Gasteiger partial charge in [0.15, 0.2) is 0 Å². The number of piperidine rings is 2. The van der Waals surface area contributed by atoms with Crippen LogP contribution in [0.5, 0.6) is 0 Å². The molecule has 0 radical (unpaired) electrons. The van der Waals surface area contributed by atoms with Gasteiger partial charge >= 0.3 is 6.09 Å². The number of hydrogen-bond donors (Lipinski definition) is 2. The van der Waals surface area contributed by atoms with Gasteiger partial charge in [0.1, 0.15) is 5.60 Å². The van der Waals surface area contributed by atoms with E-state index in [1.54, 1.807) is 0 Å². The van der Waals surface area contributed by atoms with Gasteiger partial charge in [0, 0.05) is 31.7 Å². The SMILES string of the molecule is CC(C)(C)OC(=O)N1CC2C(C1)C2NC1CCCNC1. The normalized spacial score (nSPS) is 36.6. The van der Waals surface area contributed by atoms with Crippen molar-refractivity contribution in [2.75, 3.05) is 26.2 Å². The highest BCUT2D eigenvalue weighted by molar-refractivity contribution is 5.69. The van der Waals surface area contributed by atoms with Crippen molar-refractivity contribution in [1.82, 2.24) is 15.5 Å². The van der Waals surface area contributed by atoms with Gasteiger partial charge in [-0.3, -0.25) is 0 Å². The molecule has 0 aromatic heterocycles. The summed E-state index contributed by atoms with van der Waals surface area (Å²) in [4.78, 5) is 13.9. The molecule has 3 unspecified atom stereocenters. The molecule has 1 amide bonds. The Morgan fingerprint density at radius 2 is 2.00 bits per heavy atom. The number of carbonyl (C=O) groups excluding carboxylic acids is 1. The van der Waals surface area contributed by atoms with E-state index in [4.69, 9.17) is 4.74 Å². The summed E-state index contributed by atoms with van der Waals surface area (Å²) in [7, 11) is 0. The predicted octanol–water partition coefficient (Wildman–Crippen LogP) is 1.19. The van der Waals surface area contributed by atoms with Crippen LogP contribution in [0.4, 0.5) is 4.79 Å². The van der Waals surface area contributed by atoms with E-state index in [-0.39, 0.29) is 6.09 Å². The molecule has 2 aliphatic heterocycles. The fraction of sp³-hybridized carbons (Fsp3) is 0.933. The molecule has 114 valence electrons. The van der Waals surface area contributed by atoms with E-state index in [1.165, 1.54) is 12.8 Å². The van der Waals surface area contributed by atoms with Crippen molar-refractivity contribution < 1.29 is 9.53 Å². The number of likely N-dealkylation sites (tertiary alicyclic amines) is 1. The highest BCUT2D eigenvalue weighted by Crippen LogP contribution is 2.46. The number of amides is 1. The molecule has 3 fully saturated rings. The molecule has 0 aromatic rings. The summed E-state index contributed by atoms with van der Waals surface area (Å²) < 4.78 is 5.43. The summed E-state index contributed by atoms with van der Waals surface area (Å²) in [6.45, 7) is 9.72. The molecule has 2 saturated heterocycles. The lowest BCUT2D eigenvalue weighted by Gasteiger charge is -2.28. The van der Waals surface area contributed by atoms with E-state index >= 15 is 0 Å². The van der Waals surface area contributed by atoms with E-state index in [9.17, 15) is 4.79 Å². The summed E-state index contributed by atoms with van der Waals surface area (Å²) in [5, 5.41) is 7.20. The number of nitrogens with one attached hydrogen (secondary N) is 2. The van der Waals surface area contributed by atoms with E-state index in [0.29, 0.717) is 23.9 Å². The summed E-state index contributed by atoms with van der Waals surface area (Å²) in [6, 6.07) is 1.24. The first kappa shape index (κ1) is 14.1. The van der Waals surface area contributed by atoms with Gasteiger partial charge in [-0.1, -0.05) is 0 Å². The lowest BCUT2D eigenvalue weighted by molar-refractivity contribution is 0.0268. The van der Waals surface area contributed by atoms with Gasteiger partial charge in [0.05, 0.1) is 0 Å². The Kier molecular flexibility index (Phi) is 3.67. The van der Waals surface area contributed by atoms with Gasteiger partial charge in [0.25, 0.3) is 0 Å². The van der Waals surface area contributed by atoms with Gasteiger partial charge in [0.2, 0.25) is 0 Å². The maximum atomic E-state index is 12.0. The molecular weight excluding hydrogens is 254 g/mol. The van der Waals surface area contributed by atoms with Gasteiger partial charge in [-0.2, -0.15) is 0 Å². The molecule has 5 nitrogen and oxygen atoms in total. The highest BCUT2D eigenvalue weighted by atomic mass is 16.6. The molecular formula is C15H27N3O2. The Morgan fingerprint density at radius 3 is 2.55 bits per heavy atom. The second kappa shape index (κ2) is 5.19. The Labute approximate surface area is 121 Å². The van der Waals surface area contributed by atoms with Crippen molar-refractivity contribution >= 4 is 6.09 Å². The topological polar surface area (TPSA) is 53.6 Å². The highest BCUT2D eigenvalue weighted by Gasteiger charge is 2.57. The van der Waals surface area contributed by atoms with Crippen molar-refractivity contribution in [2.45, 2.75) is 51.3 Å². The molecule has 1 aliphatic carbocycles. The number of rotatable bonds is 2. The summed E-state index contributed by atoms with van der Waals surface area (Å²) in [6.07, 6.45) is 2.39. The van der Waals surface area contributed by atoms with Gasteiger partial charge < -0.3 is 20.3 Å². The van der Waals surface area contributed by atoms with Crippen LogP contribution in [0.1, 0.15) is 33.6 Å². The zero-order valence-corrected chi connectivity index (χ0v) is 12.8. The number of carbonyl (C=O) groups is 1. The fourth-order valence-corrected chi connectivity index (χ4v) is 3.52. The standard InChI is InChI=1S/C15H27N3O2/c1-15(2,3)20-14(19)18-8-11-12(9-18)13(11)17-10-5-4-6-16-7-10/h10-13,16-17H,4-9H2,1-3H3. The quantitative estimate of drug-likeness (QED) is 0.798. The Hall–Kier alpha value is -0.810. The second-order valence-corrected chi connectivity index (χ2v) is 7.45. The molecule has 5 heteroatoms. The van der Waals surface area contributed by atoms with Crippen molar-refractivity contribution in [3.05, 3.63) is 0 Å². The minimum Gasteiger partial charge on any atom is -0.444 e. The first-order valence-corrected chi connectivity index (χ1v) is 7.89. The first-order chi connectivity index (χ1) is 9.44. The van der Waals surface area contributed by atoms with Crippen LogP contribution in [0, 0.1) is 11.8 Å². The smallest absolute Gasteiger partial charge is 0.410 e. The van der Waals surface area contributed by atoms with E-state index < -0.39 is 5.60 Å². The Bertz CT molecular complexity index is 362. The van der Waals surface area contributed by atoms with Crippen LogP contribution >= 0.6 is 0 Å². The van der Waals surface area contributed by atoms with E-state index in [2.05, 4.69) is 10.6 Å². The van der Waals surface area contributed by atoms with Crippen LogP contribution in [0.2, 0.25) is 0 Å². The molecule has 1 saturated carbocycles. The zero-order chi connectivity index (χ0) is 14.3. The molecule has 0 aromatic carbocycles. The zero-order valence-electron chi connectivity index (χ0n) is 12.8. The van der Waals surface area contributed by atoms with Gasteiger partial charge in [-0.25, -0.2) is 4.79 Å². The first-order valence-electron chi connectivity index (χ1n) is 7.89. The Balaban J connectivity index is 1.42. The monoisotopic (exact) mass is 281 g/mol. The molecule has 3 atom stereocenters. The third-order valence-corrected chi connectivity index (χ3v) is 4.57. The maximum absolute atomic E-state index is 12.0. The minimum atomic E-state index is -0.394. The summed E-state index contributed by atoms with van der Waals surface area (Å²) >= 11 is 0. The van der Waals surface area contributed by atoms with Crippen molar-refractivity contribution in [2.24, 2.45) is 11.8 Å². The lowest BCUT2D eigenvalue weighted by atomic mass is 10.1. The average molecular weight is 281 g/mol. The molecule has 2 N–H and O–H groups in total. The largest absolute Gasteiger partial charge is 0.444 e. The molecule has 20 heavy (non-hydrogen) atoms. The van der Waals surface area contributed by atoms with Gasteiger partial charge in [-0.15, -0.1) is 0 Å². The van der Waals surface area contributed by atoms with E-state index in [1.807, 2.05) is 25.7 Å². The maximum Gasteiger partial charge on any atom is 0.410 e. The molecule has 3 rings (SSSR count). The van der Waals surface area contributed by atoms with Crippen molar-refractivity contribution in [3.63, 3.8) is 0 Å². The van der Waals surface area contributed by atoms with Crippen LogP contribution in [0.25, 0.3) is 0 Å². The summed E-state index contributed by atoms with van der Waals surface area (Å²) in [5.41, 5.74) is -0.394. The molecule has 2 heterocycles. The molecule has 0 bridgehead atoms. The minimum absolute atomic E-state index is 0.150. The van der Waals surface area contributed by atoms with Crippen molar-refractivity contribution in [3.8, 4) is 0 Å². The molecule has 3 aliphatic rings. The number of fused-ring (bicyclic) bond motifs is 1. The average Bonchev–Trinajstić information content (AvgIpc) is 2.84. The number of hydrogen-bond acceptors (Lipinski definition) is 4. The molecule has 0 spiro atoms. The second-order valence-electron chi connectivity index (χ2n) is 7.45. The summed E-state index contributed by atoms with van der Waals surface area (Å²) in [5.74, 6) is 1.29. The third-order valence-electron chi connectivity index (χ3n) is 4.57.